The van der Waals surface area contributed by atoms with Crippen molar-refractivity contribution < 1.29 is 17.9 Å². The molecule has 6 heteroatoms. The molecule has 0 amide bonds. The van der Waals surface area contributed by atoms with E-state index in [2.05, 4.69) is 14.7 Å². The number of para-hydroxylation sites is 1. The molecule has 0 bridgehead atoms. The fraction of sp³-hybridized carbons (Fsp3) is 0.267. The number of hydrogen-bond donors (Lipinski definition) is 0. The van der Waals surface area contributed by atoms with Crippen LogP contribution in [0.2, 0.25) is 0 Å². The lowest BCUT2D eigenvalue weighted by atomic mass is 9.69. The second kappa shape index (κ2) is 5.35. The number of alkyl halides is 3. The van der Waals surface area contributed by atoms with Gasteiger partial charge in [0.05, 0.1) is 0 Å². The minimum atomic E-state index is -4.70. The van der Waals surface area contributed by atoms with Crippen LogP contribution < -0.4 is 4.74 Å². The summed E-state index contributed by atoms with van der Waals surface area (Å²) >= 11 is 0. The summed E-state index contributed by atoms with van der Waals surface area (Å²) in [6.45, 7) is 0. The lowest BCUT2D eigenvalue weighted by Crippen LogP contribution is -2.26. The Morgan fingerprint density at radius 3 is 2.38 bits per heavy atom. The average Bonchev–Trinajstić information content (AvgIpc) is 2.39. The molecule has 1 fully saturated rings. The summed E-state index contributed by atoms with van der Waals surface area (Å²) in [5, 5.41) is 0. The van der Waals surface area contributed by atoms with Gasteiger partial charge in [-0.25, -0.2) is 9.97 Å². The highest BCUT2D eigenvalue weighted by Gasteiger charge is 2.39. The number of benzene rings is 1. The van der Waals surface area contributed by atoms with Crippen molar-refractivity contribution in [1.82, 2.24) is 9.97 Å². The molecule has 1 aliphatic rings. The Kier molecular flexibility index (Phi) is 3.53. The summed E-state index contributed by atoms with van der Waals surface area (Å²) in [4.78, 5) is 8.37. The molecule has 0 aliphatic heterocycles. The molecule has 3 nitrogen and oxygen atoms in total. The number of aromatic nitrogens is 2. The van der Waals surface area contributed by atoms with Crippen molar-refractivity contribution in [3.8, 4) is 5.75 Å². The van der Waals surface area contributed by atoms with E-state index >= 15 is 0 Å². The van der Waals surface area contributed by atoms with Gasteiger partial charge < -0.3 is 4.74 Å². The predicted octanol–water partition coefficient (Wildman–Crippen LogP) is 3.88. The lowest BCUT2D eigenvalue weighted by Gasteiger charge is -2.35. The van der Waals surface area contributed by atoms with Gasteiger partial charge in [0, 0.05) is 29.8 Å². The molecule has 1 aromatic carbocycles. The summed E-state index contributed by atoms with van der Waals surface area (Å²) in [5.74, 6) is 1.33. The van der Waals surface area contributed by atoms with Crippen LogP contribution in [0, 0.1) is 5.92 Å². The highest BCUT2D eigenvalue weighted by molar-refractivity contribution is 5.49. The van der Waals surface area contributed by atoms with Crippen molar-refractivity contribution in [2.24, 2.45) is 0 Å². The first-order chi connectivity index (χ1) is 10.0. The van der Waals surface area contributed by atoms with Crippen molar-refractivity contribution >= 4 is 0 Å². The van der Waals surface area contributed by atoms with E-state index in [1.54, 1.807) is 30.6 Å². The zero-order valence-electron chi connectivity index (χ0n) is 11.0. The third kappa shape index (κ3) is 2.99. The van der Waals surface area contributed by atoms with E-state index in [1.807, 2.05) is 0 Å². The Labute approximate surface area is 119 Å². The van der Waals surface area contributed by atoms with Crippen LogP contribution in [0.3, 0.4) is 0 Å². The fourth-order valence-corrected chi connectivity index (χ4v) is 2.48. The normalized spacial score (nSPS) is 19.1. The zero-order chi connectivity index (χ0) is 14.9. The van der Waals surface area contributed by atoms with Gasteiger partial charge in [-0.2, -0.15) is 0 Å². The molecule has 1 atom stereocenters. The molecule has 3 rings (SSSR count). The first-order valence-corrected chi connectivity index (χ1v) is 6.52. The lowest BCUT2D eigenvalue weighted by molar-refractivity contribution is -0.274. The van der Waals surface area contributed by atoms with E-state index in [4.69, 9.17) is 0 Å². The van der Waals surface area contributed by atoms with Crippen LogP contribution in [-0.2, 0) is 0 Å². The Balaban J connectivity index is 1.87. The molecular weight excluding hydrogens is 281 g/mol. The van der Waals surface area contributed by atoms with Gasteiger partial charge in [-0.15, -0.1) is 13.2 Å². The Bertz CT molecular complexity index is 616. The molecule has 109 valence electrons. The molecule has 1 unspecified atom stereocenters. The molecule has 1 heterocycles. The standard InChI is InChI=1S/C15H12F3N2O/c16-15(17,18)21-13-5-2-1-4-11(13)10-6-7-12(10)14-19-8-3-9-20-14/h1-5,8-9,12H,6-7H2. The van der Waals surface area contributed by atoms with Crippen LogP contribution in [-0.4, -0.2) is 16.3 Å². The number of ether oxygens (including phenoxy) is 1. The highest BCUT2D eigenvalue weighted by atomic mass is 19.4. The molecule has 1 radical (unpaired) electrons. The van der Waals surface area contributed by atoms with Crippen molar-refractivity contribution in [3.05, 3.63) is 60.0 Å². The van der Waals surface area contributed by atoms with E-state index in [9.17, 15) is 13.2 Å². The first kappa shape index (κ1) is 13.9. The van der Waals surface area contributed by atoms with Gasteiger partial charge in [-0.3, -0.25) is 0 Å². The number of rotatable bonds is 3. The fourth-order valence-electron chi connectivity index (χ4n) is 2.48. The number of hydrogen-bond acceptors (Lipinski definition) is 3. The Morgan fingerprint density at radius 1 is 1.05 bits per heavy atom. The molecule has 21 heavy (non-hydrogen) atoms. The highest BCUT2D eigenvalue weighted by Crippen LogP contribution is 2.49. The van der Waals surface area contributed by atoms with Gasteiger partial charge in [0.2, 0.25) is 0 Å². The van der Waals surface area contributed by atoms with Crippen molar-refractivity contribution in [1.29, 1.82) is 0 Å². The maximum absolute atomic E-state index is 12.5. The molecule has 0 N–H and O–H groups in total. The summed E-state index contributed by atoms with van der Waals surface area (Å²) in [5.41, 5.74) is 0.485. The van der Waals surface area contributed by atoms with Gasteiger partial charge in [0.1, 0.15) is 11.6 Å². The summed E-state index contributed by atoms with van der Waals surface area (Å²) in [7, 11) is 0. The van der Waals surface area contributed by atoms with Gasteiger partial charge >= 0.3 is 6.36 Å². The second-order valence-electron chi connectivity index (χ2n) is 4.77. The quantitative estimate of drug-likeness (QED) is 0.861. The second-order valence-corrected chi connectivity index (χ2v) is 4.77. The maximum Gasteiger partial charge on any atom is 0.573 e. The molecule has 1 saturated carbocycles. The molecule has 1 aromatic heterocycles. The minimum Gasteiger partial charge on any atom is -0.405 e. The molecule has 0 spiro atoms. The van der Waals surface area contributed by atoms with Crippen molar-refractivity contribution in [3.63, 3.8) is 0 Å². The van der Waals surface area contributed by atoms with Crippen LogP contribution in [0.4, 0.5) is 13.2 Å². The average molecular weight is 293 g/mol. The smallest absolute Gasteiger partial charge is 0.405 e. The first-order valence-electron chi connectivity index (χ1n) is 6.52. The van der Waals surface area contributed by atoms with Gasteiger partial charge in [0.15, 0.2) is 0 Å². The van der Waals surface area contributed by atoms with Crippen LogP contribution in [0.15, 0.2) is 42.7 Å². The Morgan fingerprint density at radius 2 is 1.76 bits per heavy atom. The topological polar surface area (TPSA) is 35.0 Å². The van der Waals surface area contributed by atoms with E-state index in [1.165, 1.54) is 12.1 Å². The molecule has 2 aromatic rings. The minimum absolute atomic E-state index is 0.0378. The molecule has 1 aliphatic carbocycles. The summed E-state index contributed by atoms with van der Waals surface area (Å²) < 4.78 is 41.5. The monoisotopic (exact) mass is 293 g/mol. The summed E-state index contributed by atoms with van der Waals surface area (Å²) in [6.07, 6.45) is 0.132. The predicted molar refractivity (Wildman–Crippen MR) is 69.5 cm³/mol. The van der Waals surface area contributed by atoms with E-state index in [0.717, 1.165) is 18.8 Å². The van der Waals surface area contributed by atoms with Gasteiger partial charge in [-0.1, -0.05) is 18.2 Å². The van der Waals surface area contributed by atoms with E-state index in [-0.39, 0.29) is 11.7 Å². The van der Waals surface area contributed by atoms with Crippen LogP contribution >= 0.6 is 0 Å². The molecule has 0 saturated heterocycles. The SMILES string of the molecule is FC(F)(F)Oc1ccccc1[C]1CCC1c1ncccn1. The number of halogens is 3. The largest absolute Gasteiger partial charge is 0.573 e. The zero-order valence-corrected chi connectivity index (χ0v) is 11.0. The third-order valence-electron chi connectivity index (χ3n) is 3.48. The maximum atomic E-state index is 12.5. The third-order valence-corrected chi connectivity index (χ3v) is 3.48. The van der Waals surface area contributed by atoms with Gasteiger partial charge in [-0.05, 0) is 25.0 Å². The Hall–Kier alpha value is -2.11. The van der Waals surface area contributed by atoms with Crippen molar-refractivity contribution in [2.45, 2.75) is 25.1 Å². The van der Waals surface area contributed by atoms with Crippen LogP contribution in [0.25, 0.3) is 0 Å². The van der Waals surface area contributed by atoms with E-state index in [0.29, 0.717) is 11.4 Å². The van der Waals surface area contributed by atoms with Gasteiger partial charge in [0.25, 0.3) is 0 Å². The van der Waals surface area contributed by atoms with Crippen molar-refractivity contribution in [2.75, 3.05) is 0 Å². The van der Waals surface area contributed by atoms with Crippen LogP contribution in [0.5, 0.6) is 5.75 Å². The van der Waals surface area contributed by atoms with Crippen LogP contribution in [0.1, 0.15) is 30.1 Å². The number of nitrogens with zero attached hydrogens (tertiary/aromatic N) is 2. The van der Waals surface area contributed by atoms with E-state index < -0.39 is 6.36 Å². The molecular formula is C15H12F3N2O. The summed E-state index contributed by atoms with van der Waals surface area (Å²) in [6, 6.07) is 7.91.